The molecule has 1 heterocycles. The average molecular weight is 425 g/mol. The minimum Gasteiger partial charge on any atom is -0.319 e. The molecule has 4 nitrogen and oxygen atoms in total. The number of halogens is 3. The minimum absolute atomic E-state index is 0.279. The maximum atomic E-state index is 6.23. The number of nitrogens with two attached hydrogens (primary N) is 1. The molecule has 1 aromatic heterocycles. The molecule has 90 valence electrons. The Kier molecular flexibility index (Phi) is 4.02. The molecule has 17 heavy (non-hydrogen) atoms. The Hall–Kier alpha value is -0.240. The summed E-state index contributed by atoms with van der Waals surface area (Å²) in [4.78, 5) is 0. The summed E-state index contributed by atoms with van der Waals surface area (Å²) in [5, 5.41) is 7.86. The zero-order chi connectivity index (χ0) is 12.6. The highest BCUT2D eigenvalue weighted by Gasteiger charge is 2.18. The number of aromatic nitrogens is 3. The third-order valence-electron chi connectivity index (χ3n) is 2.37. The van der Waals surface area contributed by atoms with E-state index in [0.717, 1.165) is 20.2 Å². The van der Waals surface area contributed by atoms with Crippen molar-refractivity contribution in [1.29, 1.82) is 0 Å². The maximum Gasteiger partial charge on any atom is 0.153 e. The fourth-order valence-electron chi connectivity index (χ4n) is 1.58. The smallest absolute Gasteiger partial charge is 0.153 e. The van der Waals surface area contributed by atoms with Gasteiger partial charge in [0, 0.05) is 16.0 Å². The molecule has 0 saturated heterocycles. The van der Waals surface area contributed by atoms with Crippen LogP contribution in [-0.2, 0) is 7.05 Å². The molecule has 2 aromatic rings. The van der Waals surface area contributed by atoms with E-state index in [9.17, 15) is 0 Å². The normalized spacial score (nSPS) is 12.8. The van der Waals surface area contributed by atoms with Crippen LogP contribution in [0.5, 0.6) is 0 Å². The van der Waals surface area contributed by atoms with Crippen LogP contribution in [0.15, 0.2) is 31.7 Å². The molecule has 0 spiro atoms. The first-order valence-corrected chi connectivity index (χ1v) is 7.13. The lowest BCUT2D eigenvalue weighted by Crippen LogP contribution is -2.16. The Labute approximate surface area is 124 Å². The third-order valence-corrected chi connectivity index (χ3v) is 3.85. The van der Waals surface area contributed by atoms with Crippen molar-refractivity contribution in [3.8, 4) is 0 Å². The summed E-state index contributed by atoms with van der Waals surface area (Å²) in [6, 6.07) is 5.65. The van der Waals surface area contributed by atoms with Gasteiger partial charge < -0.3 is 5.73 Å². The van der Waals surface area contributed by atoms with Gasteiger partial charge in [0.15, 0.2) is 4.60 Å². The first-order valence-electron chi connectivity index (χ1n) is 4.75. The van der Waals surface area contributed by atoms with Gasteiger partial charge in [-0.25, -0.2) is 4.68 Å². The molecule has 0 aliphatic carbocycles. The number of hydrogen-bond donors (Lipinski definition) is 1. The second-order valence-corrected chi connectivity index (χ2v) is 6.15. The summed E-state index contributed by atoms with van der Waals surface area (Å²) in [7, 11) is 1.82. The topological polar surface area (TPSA) is 56.7 Å². The van der Waals surface area contributed by atoms with E-state index in [1.54, 1.807) is 4.68 Å². The predicted octanol–water partition coefficient (Wildman–Crippen LogP) is 3.15. The predicted molar refractivity (Wildman–Crippen MR) is 76.6 cm³/mol. The molecule has 0 aliphatic heterocycles. The summed E-state index contributed by atoms with van der Waals surface area (Å²) in [6.07, 6.45) is 0. The van der Waals surface area contributed by atoms with Crippen molar-refractivity contribution in [2.45, 2.75) is 6.04 Å². The quantitative estimate of drug-likeness (QED) is 0.805. The Bertz CT molecular complexity index is 513. The van der Waals surface area contributed by atoms with Crippen LogP contribution in [0, 0.1) is 0 Å². The first kappa shape index (κ1) is 13.2. The SMILES string of the molecule is Cn1nnc(Br)c1C(N)c1cc(Br)cc(Br)c1. The molecule has 0 fully saturated rings. The van der Waals surface area contributed by atoms with Crippen molar-refractivity contribution in [3.63, 3.8) is 0 Å². The van der Waals surface area contributed by atoms with E-state index in [0.29, 0.717) is 4.60 Å². The Morgan fingerprint density at radius 2 is 1.76 bits per heavy atom. The molecular weight excluding hydrogens is 416 g/mol. The summed E-state index contributed by atoms with van der Waals surface area (Å²) < 4.78 is 4.29. The average Bonchev–Trinajstić information content (AvgIpc) is 2.56. The summed E-state index contributed by atoms with van der Waals surface area (Å²) in [5.74, 6) is 0. The van der Waals surface area contributed by atoms with Crippen molar-refractivity contribution >= 4 is 47.8 Å². The number of nitrogens with zero attached hydrogens (tertiary/aromatic N) is 3. The van der Waals surface area contributed by atoms with Crippen LogP contribution >= 0.6 is 47.8 Å². The van der Waals surface area contributed by atoms with Gasteiger partial charge in [-0.1, -0.05) is 37.1 Å². The first-order chi connectivity index (χ1) is 7.99. The molecule has 2 N–H and O–H groups in total. The Morgan fingerprint density at radius 1 is 1.18 bits per heavy atom. The van der Waals surface area contributed by atoms with E-state index in [1.165, 1.54) is 0 Å². The lowest BCUT2D eigenvalue weighted by Gasteiger charge is -2.13. The molecule has 2 rings (SSSR count). The molecule has 1 unspecified atom stereocenters. The van der Waals surface area contributed by atoms with E-state index in [-0.39, 0.29) is 6.04 Å². The van der Waals surface area contributed by atoms with Gasteiger partial charge in [0.25, 0.3) is 0 Å². The van der Waals surface area contributed by atoms with Crippen LogP contribution < -0.4 is 5.73 Å². The zero-order valence-electron chi connectivity index (χ0n) is 8.86. The Morgan fingerprint density at radius 3 is 2.24 bits per heavy atom. The van der Waals surface area contributed by atoms with Gasteiger partial charge in [0.05, 0.1) is 11.7 Å². The highest BCUT2D eigenvalue weighted by molar-refractivity contribution is 9.11. The fraction of sp³-hybridized carbons (Fsp3) is 0.200. The molecule has 0 bridgehead atoms. The van der Waals surface area contributed by atoms with Crippen molar-refractivity contribution in [1.82, 2.24) is 15.0 Å². The largest absolute Gasteiger partial charge is 0.319 e. The summed E-state index contributed by atoms with van der Waals surface area (Å²) >= 11 is 10.2. The van der Waals surface area contributed by atoms with Gasteiger partial charge in [-0.3, -0.25) is 0 Å². The number of aryl methyl sites for hydroxylation is 1. The summed E-state index contributed by atoms with van der Waals surface area (Å²) in [6.45, 7) is 0. The highest BCUT2D eigenvalue weighted by Crippen LogP contribution is 2.29. The second kappa shape index (κ2) is 5.17. The van der Waals surface area contributed by atoms with Gasteiger partial charge in [-0.15, -0.1) is 5.10 Å². The minimum atomic E-state index is -0.279. The van der Waals surface area contributed by atoms with Crippen molar-refractivity contribution in [2.75, 3.05) is 0 Å². The Balaban J connectivity index is 2.47. The van der Waals surface area contributed by atoms with Gasteiger partial charge in [-0.05, 0) is 39.7 Å². The highest BCUT2D eigenvalue weighted by atomic mass is 79.9. The second-order valence-electron chi connectivity index (χ2n) is 3.57. The lowest BCUT2D eigenvalue weighted by atomic mass is 10.1. The van der Waals surface area contributed by atoms with Crippen LogP contribution in [-0.4, -0.2) is 15.0 Å². The van der Waals surface area contributed by atoms with E-state index in [1.807, 2.05) is 25.2 Å². The molecule has 7 heteroatoms. The lowest BCUT2D eigenvalue weighted by molar-refractivity contribution is 0.650. The van der Waals surface area contributed by atoms with E-state index >= 15 is 0 Å². The van der Waals surface area contributed by atoms with Gasteiger partial charge in [-0.2, -0.15) is 0 Å². The van der Waals surface area contributed by atoms with Gasteiger partial charge in [0.1, 0.15) is 0 Å². The van der Waals surface area contributed by atoms with Gasteiger partial charge >= 0.3 is 0 Å². The molecule has 0 amide bonds. The van der Waals surface area contributed by atoms with E-state index < -0.39 is 0 Å². The van der Waals surface area contributed by atoms with Crippen LogP contribution in [0.1, 0.15) is 17.3 Å². The number of hydrogen-bond acceptors (Lipinski definition) is 3. The van der Waals surface area contributed by atoms with Gasteiger partial charge in [0.2, 0.25) is 0 Å². The maximum absolute atomic E-state index is 6.23. The van der Waals surface area contributed by atoms with Crippen molar-refractivity contribution < 1.29 is 0 Å². The molecular formula is C10H9Br3N4. The van der Waals surface area contributed by atoms with Crippen molar-refractivity contribution in [3.05, 3.63) is 43.0 Å². The molecule has 0 aliphatic rings. The molecule has 0 saturated carbocycles. The van der Waals surface area contributed by atoms with Crippen LogP contribution in [0.4, 0.5) is 0 Å². The van der Waals surface area contributed by atoms with E-state index in [2.05, 4.69) is 58.1 Å². The standard InChI is InChI=1S/C10H9Br3N4/c1-17-9(10(13)15-16-17)8(14)5-2-6(11)4-7(12)3-5/h2-4,8H,14H2,1H3. The number of benzene rings is 1. The number of rotatable bonds is 2. The van der Waals surface area contributed by atoms with Crippen molar-refractivity contribution in [2.24, 2.45) is 12.8 Å². The van der Waals surface area contributed by atoms with Crippen LogP contribution in [0.2, 0.25) is 0 Å². The van der Waals surface area contributed by atoms with Crippen LogP contribution in [0.25, 0.3) is 0 Å². The third kappa shape index (κ3) is 2.78. The fourth-order valence-corrected chi connectivity index (χ4v) is 3.48. The molecule has 1 atom stereocenters. The molecule has 1 aromatic carbocycles. The van der Waals surface area contributed by atoms with Crippen LogP contribution in [0.3, 0.4) is 0 Å². The zero-order valence-corrected chi connectivity index (χ0v) is 13.6. The van der Waals surface area contributed by atoms with E-state index in [4.69, 9.17) is 5.73 Å². The monoisotopic (exact) mass is 422 g/mol. The molecule has 0 radical (unpaired) electrons. The summed E-state index contributed by atoms with van der Waals surface area (Å²) in [5.41, 5.74) is 8.05.